The van der Waals surface area contributed by atoms with Gasteiger partial charge in [0.2, 0.25) is 0 Å². The molecule has 3 aromatic carbocycles. The molecule has 1 fully saturated rings. The summed E-state index contributed by atoms with van der Waals surface area (Å²) in [5.41, 5.74) is 4.30. The van der Waals surface area contributed by atoms with Crippen molar-refractivity contribution < 1.29 is 18.9 Å². The molecular formula is C30H33NO4. The lowest BCUT2D eigenvalue weighted by Gasteiger charge is -2.28. The van der Waals surface area contributed by atoms with E-state index in [0.29, 0.717) is 6.61 Å². The van der Waals surface area contributed by atoms with Crippen molar-refractivity contribution in [1.82, 2.24) is 4.90 Å². The van der Waals surface area contributed by atoms with Crippen LogP contribution in [0, 0.1) is 0 Å². The van der Waals surface area contributed by atoms with Gasteiger partial charge in [-0.25, -0.2) is 0 Å². The third-order valence-electron chi connectivity index (χ3n) is 6.79. The average Bonchev–Trinajstić information content (AvgIpc) is 2.93. The van der Waals surface area contributed by atoms with Crippen LogP contribution in [0.5, 0.6) is 23.0 Å². The van der Waals surface area contributed by atoms with Crippen LogP contribution in [0.15, 0.2) is 66.7 Å². The van der Waals surface area contributed by atoms with Gasteiger partial charge in [0.25, 0.3) is 0 Å². The summed E-state index contributed by atoms with van der Waals surface area (Å²) in [6, 6.07) is 22.3. The first-order valence-electron chi connectivity index (χ1n) is 12.4. The Morgan fingerprint density at radius 3 is 2.20 bits per heavy atom. The predicted molar refractivity (Wildman–Crippen MR) is 139 cm³/mol. The Hall–Kier alpha value is -3.44. The van der Waals surface area contributed by atoms with Crippen LogP contribution in [0.2, 0.25) is 0 Å². The molecule has 182 valence electrons. The fourth-order valence-electron chi connectivity index (χ4n) is 4.78. The van der Waals surface area contributed by atoms with Crippen molar-refractivity contribution in [2.75, 3.05) is 40.5 Å². The van der Waals surface area contributed by atoms with Crippen LogP contribution < -0.4 is 18.9 Å². The summed E-state index contributed by atoms with van der Waals surface area (Å²) in [7, 11) is 3.35. The van der Waals surface area contributed by atoms with Gasteiger partial charge in [0.05, 0.1) is 14.2 Å². The molecule has 35 heavy (non-hydrogen) atoms. The molecule has 0 saturated carbocycles. The quantitative estimate of drug-likeness (QED) is 0.389. The lowest BCUT2D eigenvalue weighted by Crippen LogP contribution is -2.33. The van der Waals surface area contributed by atoms with Gasteiger partial charge in [-0.15, -0.1) is 0 Å². The number of benzene rings is 3. The van der Waals surface area contributed by atoms with Crippen molar-refractivity contribution in [2.24, 2.45) is 0 Å². The largest absolute Gasteiger partial charge is 0.497 e. The number of hydrogen-bond donors (Lipinski definition) is 0. The molecule has 2 aliphatic heterocycles. The van der Waals surface area contributed by atoms with Crippen LogP contribution in [0.3, 0.4) is 0 Å². The van der Waals surface area contributed by atoms with E-state index >= 15 is 0 Å². The van der Waals surface area contributed by atoms with Crippen molar-refractivity contribution in [3.05, 3.63) is 83.4 Å². The average molecular weight is 472 g/mol. The first-order chi connectivity index (χ1) is 17.2. The maximum Gasteiger partial charge on any atom is 0.149 e. The second-order valence-electron chi connectivity index (χ2n) is 9.05. The Morgan fingerprint density at radius 2 is 1.49 bits per heavy atom. The minimum absolute atomic E-state index is 0.245. The molecule has 0 bridgehead atoms. The van der Waals surface area contributed by atoms with E-state index < -0.39 is 0 Å². The summed E-state index contributed by atoms with van der Waals surface area (Å²) >= 11 is 0. The van der Waals surface area contributed by atoms with Gasteiger partial charge in [0.1, 0.15) is 35.7 Å². The first-order valence-corrected chi connectivity index (χ1v) is 12.4. The van der Waals surface area contributed by atoms with E-state index in [2.05, 4.69) is 35.2 Å². The molecule has 0 radical (unpaired) electrons. The van der Waals surface area contributed by atoms with Gasteiger partial charge < -0.3 is 18.9 Å². The van der Waals surface area contributed by atoms with E-state index in [0.717, 1.165) is 51.8 Å². The van der Waals surface area contributed by atoms with Crippen molar-refractivity contribution in [3.63, 3.8) is 0 Å². The van der Waals surface area contributed by atoms with Gasteiger partial charge in [0, 0.05) is 23.7 Å². The molecule has 0 amide bonds. The topological polar surface area (TPSA) is 40.2 Å². The highest BCUT2D eigenvalue weighted by Crippen LogP contribution is 2.43. The lowest BCUT2D eigenvalue weighted by atomic mass is 9.91. The molecule has 5 rings (SSSR count). The summed E-state index contributed by atoms with van der Waals surface area (Å²) in [6.45, 7) is 4.07. The number of ether oxygens (including phenoxy) is 4. The zero-order valence-electron chi connectivity index (χ0n) is 20.5. The van der Waals surface area contributed by atoms with E-state index in [9.17, 15) is 0 Å². The van der Waals surface area contributed by atoms with Crippen molar-refractivity contribution >= 4 is 11.6 Å². The Balaban J connectivity index is 1.36. The van der Waals surface area contributed by atoms with E-state index in [1.165, 1.54) is 32.4 Å². The van der Waals surface area contributed by atoms with Crippen LogP contribution in [-0.2, 0) is 0 Å². The maximum atomic E-state index is 6.56. The monoisotopic (exact) mass is 471 g/mol. The molecule has 2 aliphatic rings. The molecule has 1 unspecified atom stereocenters. The minimum Gasteiger partial charge on any atom is -0.497 e. The molecule has 2 heterocycles. The van der Waals surface area contributed by atoms with Gasteiger partial charge in [-0.05, 0) is 79.5 Å². The molecule has 0 aromatic heterocycles. The fraction of sp³-hybridized carbons (Fsp3) is 0.333. The van der Waals surface area contributed by atoms with Crippen molar-refractivity contribution in [3.8, 4) is 23.0 Å². The van der Waals surface area contributed by atoms with Gasteiger partial charge in [-0.2, -0.15) is 0 Å². The number of hydrogen-bond acceptors (Lipinski definition) is 5. The number of rotatable bonds is 8. The summed E-state index contributed by atoms with van der Waals surface area (Å²) < 4.78 is 23.4. The van der Waals surface area contributed by atoms with Gasteiger partial charge in [-0.3, -0.25) is 4.90 Å². The summed E-state index contributed by atoms with van der Waals surface area (Å²) in [5.74, 6) is 3.31. The van der Waals surface area contributed by atoms with Crippen LogP contribution in [0.4, 0.5) is 0 Å². The molecule has 0 spiro atoms. The van der Waals surface area contributed by atoms with Crippen molar-refractivity contribution in [1.29, 1.82) is 0 Å². The predicted octanol–water partition coefficient (Wildman–Crippen LogP) is 6.24. The maximum absolute atomic E-state index is 6.56. The summed E-state index contributed by atoms with van der Waals surface area (Å²) in [5, 5.41) is 0. The van der Waals surface area contributed by atoms with Crippen LogP contribution in [0.25, 0.3) is 11.6 Å². The summed E-state index contributed by atoms with van der Waals surface area (Å²) in [6.07, 6.45) is 5.91. The smallest absolute Gasteiger partial charge is 0.149 e. The second kappa shape index (κ2) is 10.9. The van der Waals surface area contributed by atoms with Crippen LogP contribution >= 0.6 is 0 Å². The summed E-state index contributed by atoms with van der Waals surface area (Å²) in [4.78, 5) is 2.49. The lowest BCUT2D eigenvalue weighted by molar-refractivity contribution is 0.183. The normalized spacial score (nSPS) is 17.7. The number of likely N-dealkylation sites (tertiary alicyclic amines) is 1. The van der Waals surface area contributed by atoms with E-state index in [1.54, 1.807) is 14.2 Å². The van der Waals surface area contributed by atoms with Crippen molar-refractivity contribution in [2.45, 2.75) is 25.4 Å². The molecule has 3 aromatic rings. The van der Waals surface area contributed by atoms with E-state index in [-0.39, 0.29) is 6.10 Å². The van der Waals surface area contributed by atoms with Gasteiger partial charge >= 0.3 is 0 Å². The van der Waals surface area contributed by atoms with Crippen LogP contribution in [0.1, 0.15) is 42.1 Å². The molecule has 0 aliphatic carbocycles. The SMILES string of the molecule is COc1ccc(C2=Cc3ccc(OC)cc3OC2c2ccc(OCCN3CCCCC3)cc2)cc1. The molecule has 5 heteroatoms. The van der Waals surface area contributed by atoms with E-state index in [1.807, 2.05) is 42.5 Å². The second-order valence-corrected chi connectivity index (χ2v) is 9.05. The molecule has 0 N–H and O–H groups in total. The molecule has 5 nitrogen and oxygen atoms in total. The third kappa shape index (κ3) is 5.46. The number of fused-ring (bicyclic) bond motifs is 1. The third-order valence-corrected chi connectivity index (χ3v) is 6.79. The number of methoxy groups -OCH3 is 2. The Kier molecular flexibility index (Phi) is 7.24. The number of piperidine rings is 1. The number of nitrogens with zero attached hydrogens (tertiary/aromatic N) is 1. The Bertz CT molecular complexity index is 1150. The highest BCUT2D eigenvalue weighted by atomic mass is 16.5. The van der Waals surface area contributed by atoms with Crippen LogP contribution in [-0.4, -0.2) is 45.4 Å². The van der Waals surface area contributed by atoms with Gasteiger partial charge in [-0.1, -0.05) is 30.7 Å². The first kappa shape index (κ1) is 23.3. The fourth-order valence-corrected chi connectivity index (χ4v) is 4.78. The minimum atomic E-state index is -0.245. The highest BCUT2D eigenvalue weighted by Gasteiger charge is 2.26. The Morgan fingerprint density at radius 1 is 0.800 bits per heavy atom. The zero-order valence-corrected chi connectivity index (χ0v) is 20.5. The zero-order chi connectivity index (χ0) is 24.0. The van der Waals surface area contributed by atoms with E-state index in [4.69, 9.17) is 18.9 Å². The highest BCUT2D eigenvalue weighted by molar-refractivity contribution is 5.88. The van der Waals surface area contributed by atoms with Gasteiger partial charge in [0.15, 0.2) is 0 Å². The molecule has 1 atom stereocenters. The molecular weight excluding hydrogens is 438 g/mol. The standard InChI is InChI=1S/C30H33NO4/c1-32-25-11-6-22(7-12-25)28-20-24-10-15-27(33-2)21-29(24)35-30(28)23-8-13-26(14-9-23)34-19-18-31-16-4-3-5-17-31/h6-15,20-21,30H,3-5,16-19H2,1-2H3. The Labute approximate surface area is 207 Å². The molecule has 1 saturated heterocycles.